The molecule has 1 saturated carbocycles. The van der Waals surface area contributed by atoms with Gasteiger partial charge in [0.05, 0.1) is 23.5 Å². The van der Waals surface area contributed by atoms with Crippen LogP contribution in [-0.4, -0.2) is 27.4 Å². The number of rotatable bonds is 2. The van der Waals surface area contributed by atoms with E-state index < -0.39 is 5.97 Å². The lowest BCUT2D eigenvalue weighted by Gasteiger charge is -2.29. The van der Waals surface area contributed by atoms with Crippen molar-refractivity contribution >= 4 is 55.3 Å². The van der Waals surface area contributed by atoms with Gasteiger partial charge in [0.1, 0.15) is 0 Å². The summed E-state index contributed by atoms with van der Waals surface area (Å²) >= 11 is 7.06. The van der Waals surface area contributed by atoms with Crippen molar-refractivity contribution in [3.63, 3.8) is 0 Å². The van der Waals surface area contributed by atoms with Crippen molar-refractivity contribution in [3.05, 3.63) is 29.8 Å². The van der Waals surface area contributed by atoms with Gasteiger partial charge in [-0.3, -0.25) is 14.5 Å². The Morgan fingerprint density at radius 2 is 1.64 bits per heavy atom. The number of halogens is 2. The molecule has 2 amide bonds. The number of alkyl halides is 2. The van der Waals surface area contributed by atoms with E-state index in [2.05, 4.69) is 31.9 Å². The Kier molecular flexibility index (Phi) is 4.11. The van der Waals surface area contributed by atoms with E-state index in [1.807, 2.05) is 0 Å². The van der Waals surface area contributed by atoms with Crippen LogP contribution in [0, 0.1) is 11.8 Å². The van der Waals surface area contributed by atoms with Crippen LogP contribution in [0.3, 0.4) is 0 Å². The van der Waals surface area contributed by atoms with Crippen molar-refractivity contribution in [2.24, 2.45) is 11.8 Å². The molecule has 3 rings (SSSR count). The molecule has 1 aliphatic carbocycles. The van der Waals surface area contributed by atoms with E-state index in [1.54, 1.807) is 6.07 Å². The average molecular weight is 430 g/mol. The minimum absolute atomic E-state index is 0.0512. The summed E-state index contributed by atoms with van der Waals surface area (Å²) in [6.07, 6.45) is 1.17. The number of carboxylic acid groups (broad SMARTS) is 1. The third-order valence-corrected chi connectivity index (χ3v) is 6.98. The largest absolute Gasteiger partial charge is 0.545 e. The molecule has 0 unspecified atom stereocenters. The van der Waals surface area contributed by atoms with Gasteiger partial charge in [-0.2, -0.15) is 0 Å². The smallest absolute Gasteiger partial charge is 0.237 e. The standard InChI is InChI=1S/C15H13Br2NO4/c16-11-5-9-10(6-12(11)17)14(20)18(13(9)19)8-3-1-2-7(4-8)15(21)22/h1-4,9-12H,5-6H2,(H,21,22)/p-1/t9-,10+,11-,12-/m1/s1. The maximum absolute atomic E-state index is 12.6. The van der Waals surface area contributed by atoms with Crippen molar-refractivity contribution in [1.29, 1.82) is 0 Å². The van der Waals surface area contributed by atoms with Gasteiger partial charge in [-0.1, -0.05) is 44.0 Å². The molecule has 0 spiro atoms. The second kappa shape index (κ2) is 5.77. The van der Waals surface area contributed by atoms with Gasteiger partial charge in [0.15, 0.2) is 0 Å². The highest BCUT2D eigenvalue weighted by molar-refractivity contribution is 9.12. The van der Waals surface area contributed by atoms with Crippen LogP contribution in [0.1, 0.15) is 23.2 Å². The summed E-state index contributed by atoms with van der Waals surface area (Å²) in [5, 5.41) is 11.0. The zero-order valence-electron chi connectivity index (χ0n) is 11.4. The van der Waals surface area contributed by atoms with E-state index in [-0.39, 0.29) is 38.9 Å². The SMILES string of the molecule is O=C([O-])c1cccc(N2C(=O)[C@H]3C[C@@H](Br)[C@H](Br)C[C@H]3C2=O)c1. The highest BCUT2D eigenvalue weighted by atomic mass is 79.9. The number of hydrogen-bond donors (Lipinski definition) is 0. The molecule has 0 aromatic heterocycles. The van der Waals surface area contributed by atoms with E-state index >= 15 is 0 Å². The molecule has 0 N–H and O–H groups in total. The zero-order chi connectivity index (χ0) is 16.0. The van der Waals surface area contributed by atoms with Crippen molar-refractivity contribution in [3.8, 4) is 0 Å². The number of benzene rings is 1. The Morgan fingerprint density at radius 1 is 1.09 bits per heavy atom. The fraction of sp³-hybridized carbons (Fsp3) is 0.400. The number of nitrogens with zero attached hydrogens (tertiary/aromatic N) is 1. The molecule has 2 aliphatic rings. The molecule has 1 aromatic carbocycles. The van der Waals surface area contributed by atoms with Gasteiger partial charge in [-0.25, -0.2) is 0 Å². The van der Waals surface area contributed by atoms with Crippen molar-refractivity contribution in [1.82, 2.24) is 0 Å². The lowest BCUT2D eigenvalue weighted by molar-refractivity contribution is -0.255. The number of carbonyl (C=O) groups is 3. The average Bonchev–Trinajstić information content (AvgIpc) is 2.71. The molecular formula is C15H12Br2NO4-. The molecule has 1 aliphatic heterocycles. The molecule has 116 valence electrons. The van der Waals surface area contributed by atoms with Gasteiger partial charge in [0.2, 0.25) is 11.8 Å². The number of aromatic carboxylic acids is 1. The summed E-state index contributed by atoms with van der Waals surface area (Å²) in [5.74, 6) is -2.54. The predicted molar refractivity (Wildman–Crippen MR) is 84.9 cm³/mol. The third kappa shape index (κ3) is 2.50. The fourth-order valence-corrected chi connectivity index (χ4v) is 4.36. The maximum atomic E-state index is 12.6. The van der Waals surface area contributed by atoms with Gasteiger partial charge in [-0.05, 0) is 30.5 Å². The molecule has 5 nitrogen and oxygen atoms in total. The van der Waals surface area contributed by atoms with Crippen LogP contribution in [0.4, 0.5) is 5.69 Å². The van der Waals surface area contributed by atoms with Gasteiger partial charge in [0, 0.05) is 9.65 Å². The van der Waals surface area contributed by atoms with E-state index in [0.29, 0.717) is 18.5 Å². The molecular weight excluding hydrogens is 418 g/mol. The van der Waals surface area contributed by atoms with Crippen LogP contribution in [0.5, 0.6) is 0 Å². The third-order valence-electron chi connectivity index (χ3n) is 4.25. The van der Waals surface area contributed by atoms with Crippen LogP contribution >= 0.6 is 31.9 Å². The molecule has 22 heavy (non-hydrogen) atoms. The quantitative estimate of drug-likeness (QED) is 0.527. The fourth-order valence-electron chi connectivity index (χ4n) is 3.12. The predicted octanol–water partition coefficient (Wildman–Crippen LogP) is 1.48. The summed E-state index contributed by atoms with van der Waals surface area (Å²) in [6.45, 7) is 0. The molecule has 1 saturated heterocycles. The molecule has 0 bridgehead atoms. The lowest BCUT2D eigenvalue weighted by atomic mass is 9.81. The Labute approximate surface area is 143 Å². The highest BCUT2D eigenvalue weighted by Crippen LogP contribution is 2.44. The summed E-state index contributed by atoms with van der Waals surface area (Å²) in [7, 11) is 0. The second-order valence-electron chi connectivity index (χ2n) is 5.57. The molecule has 1 aromatic rings. The number of amides is 2. The van der Waals surface area contributed by atoms with Crippen LogP contribution in [0.25, 0.3) is 0 Å². The van der Waals surface area contributed by atoms with E-state index in [4.69, 9.17) is 0 Å². The van der Waals surface area contributed by atoms with Gasteiger partial charge in [-0.15, -0.1) is 0 Å². The number of fused-ring (bicyclic) bond motifs is 1. The monoisotopic (exact) mass is 428 g/mol. The topological polar surface area (TPSA) is 77.5 Å². The van der Waals surface area contributed by atoms with Gasteiger partial charge in [0.25, 0.3) is 0 Å². The van der Waals surface area contributed by atoms with Gasteiger partial charge >= 0.3 is 0 Å². The van der Waals surface area contributed by atoms with E-state index in [9.17, 15) is 19.5 Å². The molecule has 4 atom stereocenters. The van der Waals surface area contributed by atoms with Gasteiger partial charge < -0.3 is 9.90 Å². The van der Waals surface area contributed by atoms with Crippen molar-refractivity contribution < 1.29 is 19.5 Å². The first kappa shape index (κ1) is 15.7. The Morgan fingerprint density at radius 3 is 2.14 bits per heavy atom. The van der Waals surface area contributed by atoms with Crippen molar-refractivity contribution in [2.75, 3.05) is 4.90 Å². The van der Waals surface area contributed by atoms with Crippen LogP contribution in [0.15, 0.2) is 24.3 Å². The molecule has 7 heteroatoms. The number of carbonyl (C=O) groups excluding carboxylic acids is 3. The first-order chi connectivity index (χ1) is 10.4. The Hall–Kier alpha value is -1.21. The lowest BCUT2D eigenvalue weighted by Crippen LogP contribution is -2.34. The first-order valence-corrected chi connectivity index (χ1v) is 8.70. The minimum atomic E-state index is -1.33. The van der Waals surface area contributed by atoms with Crippen LogP contribution in [-0.2, 0) is 9.59 Å². The molecule has 0 radical (unpaired) electrons. The maximum Gasteiger partial charge on any atom is 0.237 e. The molecule has 2 fully saturated rings. The summed E-state index contributed by atoms with van der Waals surface area (Å²) in [5.41, 5.74) is 0.244. The van der Waals surface area contributed by atoms with Crippen LogP contribution < -0.4 is 10.0 Å². The number of carboxylic acids is 1. The summed E-state index contributed by atoms with van der Waals surface area (Å²) in [4.78, 5) is 37.5. The van der Waals surface area contributed by atoms with Crippen molar-refractivity contribution in [2.45, 2.75) is 22.5 Å². The number of imide groups is 1. The number of anilines is 1. The Bertz CT molecular complexity index is 635. The molecule has 1 heterocycles. The first-order valence-electron chi connectivity index (χ1n) is 6.87. The zero-order valence-corrected chi connectivity index (χ0v) is 14.5. The minimum Gasteiger partial charge on any atom is -0.545 e. The summed E-state index contributed by atoms with van der Waals surface area (Å²) in [6, 6.07) is 5.75. The van der Waals surface area contributed by atoms with E-state index in [0.717, 1.165) is 4.90 Å². The summed E-state index contributed by atoms with van der Waals surface area (Å²) < 4.78 is 0. The number of hydrogen-bond acceptors (Lipinski definition) is 4. The second-order valence-corrected chi connectivity index (χ2v) is 7.92. The van der Waals surface area contributed by atoms with Crippen LogP contribution in [0.2, 0.25) is 0 Å². The highest BCUT2D eigenvalue weighted by Gasteiger charge is 2.52. The normalized spacial score (nSPS) is 31.3. The Balaban J connectivity index is 1.95. The van der Waals surface area contributed by atoms with E-state index in [1.165, 1.54) is 18.2 Å².